The molecule has 0 radical (unpaired) electrons. The van der Waals surface area contributed by atoms with E-state index in [1.165, 1.54) is 0 Å². The number of H-pyrrole nitrogens is 1. The number of imidazole rings is 1. The van der Waals surface area contributed by atoms with E-state index in [1.54, 1.807) is 30.6 Å². The van der Waals surface area contributed by atoms with Crippen LogP contribution in [-0.2, 0) is 24.9 Å². The molecule has 0 amide bonds. The lowest BCUT2D eigenvalue weighted by Gasteiger charge is -2.27. The largest absolute Gasteiger partial charge is 0.489 e. The van der Waals surface area contributed by atoms with Crippen molar-refractivity contribution < 1.29 is 14.3 Å². The third-order valence-electron chi connectivity index (χ3n) is 7.96. The number of fused-ring (bicyclic) bond motifs is 2. The Bertz CT molecular complexity index is 1920. The number of rotatable bonds is 8. The molecule has 204 valence electrons. The van der Waals surface area contributed by atoms with Crippen molar-refractivity contribution in [3.8, 4) is 5.75 Å². The minimum atomic E-state index is -1.46. The van der Waals surface area contributed by atoms with Gasteiger partial charge in [0.1, 0.15) is 23.6 Å². The zero-order valence-electron chi connectivity index (χ0n) is 22.8. The number of Topliss-reactive ketones (excluding diaryl/α,β-unsaturated/α-hetero) is 2. The first-order valence-corrected chi connectivity index (χ1v) is 13.9. The highest BCUT2D eigenvalue weighted by Gasteiger charge is 2.55. The first kappa shape index (κ1) is 25.6. The lowest BCUT2D eigenvalue weighted by atomic mass is 9.71. The summed E-state index contributed by atoms with van der Waals surface area (Å²) in [6.07, 6.45) is 4.18. The highest BCUT2D eigenvalue weighted by molar-refractivity contribution is 6.34. The van der Waals surface area contributed by atoms with Gasteiger partial charge < -0.3 is 9.72 Å². The molecule has 0 bridgehead atoms. The van der Waals surface area contributed by atoms with Gasteiger partial charge in [-0.2, -0.15) is 0 Å². The van der Waals surface area contributed by atoms with Crippen LogP contribution in [0.25, 0.3) is 11.0 Å². The van der Waals surface area contributed by atoms with Crippen LogP contribution in [0.2, 0.25) is 0 Å². The van der Waals surface area contributed by atoms with Gasteiger partial charge in [0.15, 0.2) is 11.6 Å². The van der Waals surface area contributed by atoms with E-state index < -0.39 is 5.41 Å². The van der Waals surface area contributed by atoms with E-state index in [-0.39, 0.29) is 18.0 Å². The van der Waals surface area contributed by atoms with Crippen molar-refractivity contribution in [2.24, 2.45) is 0 Å². The summed E-state index contributed by atoms with van der Waals surface area (Å²) in [6, 6.07) is 34.5. The number of hydrogen-bond donors (Lipinski definition) is 1. The second-order valence-electron chi connectivity index (χ2n) is 10.6. The Morgan fingerprint density at radius 2 is 1.40 bits per heavy atom. The number of carbonyl (C=O) groups excluding carboxylic acids is 2. The zero-order chi connectivity index (χ0) is 28.5. The Kier molecular flexibility index (Phi) is 6.44. The average molecular weight is 550 g/mol. The van der Waals surface area contributed by atoms with E-state index in [1.807, 2.05) is 78.9 Å². The maximum absolute atomic E-state index is 14.6. The number of hydrogen-bond acceptors (Lipinski definition) is 5. The SMILES string of the molecule is O=C1c2ccc(OCc3ccccc3)cc2C(=O)C1(Cc1ccncc1)c1cccc2nc(Cc3ccccc3)[nH]c12. The lowest BCUT2D eigenvalue weighted by Crippen LogP contribution is -2.41. The zero-order valence-corrected chi connectivity index (χ0v) is 22.8. The van der Waals surface area contributed by atoms with E-state index in [9.17, 15) is 9.59 Å². The molecular formula is C36H27N3O3. The van der Waals surface area contributed by atoms with Crippen LogP contribution in [0.4, 0.5) is 0 Å². The van der Waals surface area contributed by atoms with Crippen LogP contribution in [0.5, 0.6) is 5.75 Å². The van der Waals surface area contributed by atoms with Gasteiger partial charge >= 0.3 is 0 Å². The van der Waals surface area contributed by atoms with Gasteiger partial charge in [-0.05, 0) is 65.1 Å². The first-order chi connectivity index (χ1) is 20.6. The number of nitrogens with one attached hydrogen (secondary N) is 1. The molecule has 6 aromatic rings. The number of nitrogens with zero attached hydrogens (tertiary/aromatic N) is 2. The van der Waals surface area contributed by atoms with Gasteiger partial charge in [0.25, 0.3) is 0 Å². The van der Waals surface area contributed by atoms with Gasteiger partial charge in [-0.25, -0.2) is 4.98 Å². The van der Waals surface area contributed by atoms with Crippen molar-refractivity contribution >= 4 is 22.6 Å². The maximum atomic E-state index is 14.6. The summed E-state index contributed by atoms with van der Waals surface area (Å²) in [6.45, 7) is 0.363. The minimum absolute atomic E-state index is 0.203. The molecular weight excluding hydrogens is 522 g/mol. The number of aromatic nitrogens is 3. The normalized spacial score (nSPS) is 16.1. The van der Waals surface area contributed by atoms with E-state index in [2.05, 4.69) is 22.1 Å². The molecule has 7 rings (SSSR count). The molecule has 1 atom stereocenters. The lowest BCUT2D eigenvalue weighted by molar-refractivity contribution is 0.0794. The summed E-state index contributed by atoms with van der Waals surface area (Å²) >= 11 is 0. The van der Waals surface area contributed by atoms with Crippen LogP contribution in [0.1, 0.15) is 48.8 Å². The highest BCUT2D eigenvalue weighted by atomic mass is 16.5. The van der Waals surface area contributed by atoms with E-state index >= 15 is 0 Å². The smallest absolute Gasteiger partial charge is 0.182 e. The topological polar surface area (TPSA) is 84.9 Å². The standard InChI is InChI=1S/C36H27N3O3/c40-34-28-15-14-27(42-23-26-10-5-2-6-11-26)21-29(28)35(41)36(34,22-25-16-18-37-19-17-25)30-12-7-13-31-33(30)39-32(38-31)20-24-8-3-1-4-9-24/h1-19,21H,20,22-23H2,(H,38,39). The monoisotopic (exact) mass is 549 g/mol. The molecule has 1 unspecified atom stereocenters. The second-order valence-corrected chi connectivity index (χ2v) is 10.6. The van der Waals surface area contributed by atoms with Crippen LogP contribution >= 0.6 is 0 Å². The summed E-state index contributed by atoms with van der Waals surface area (Å²) in [7, 11) is 0. The molecule has 0 saturated heterocycles. The summed E-state index contributed by atoms with van der Waals surface area (Å²) in [5.41, 5.74) is 4.35. The van der Waals surface area contributed by atoms with Gasteiger partial charge in [0.05, 0.1) is 11.0 Å². The molecule has 1 N–H and O–H groups in total. The van der Waals surface area contributed by atoms with Crippen LogP contribution in [0.3, 0.4) is 0 Å². The van der Waals surface area contributed by atoms with Gasteiger partial charge in [0.2, 0.25) is 0 Å². The molecule has 1 aliphatic rings. The Hall–Kier alpha value is -5.36. The van der Waals surface area contributed by atoms with Gasteiger partial charge in [0, 0.05) is 29.9 Å². The van der Waals surface area contributed by atoms with Crippen LogP contribution in [0.15, 0.2) is 122 Å². The summed E-state index contributed by atoms with van der Waals surface area (Å²) in [4.78, 5) is 41.5. The third-order valence-corrected chi connectivity index (χ3v) is 7.96. The molecule has 1 aliphatic carbocycles. The second kappa shape index (κ2) is 10.6. The highest BCUT2D eigenvalue weighted by Crippen LogP contribution is 2.45. The summed E-state index contributed by atoms with van der Waals surface area (Å²) in [5.74, 6) is 0.856. The number of pyridine rings is 1. The summed E-state index contributed by atoms with van der Waals surface area (Å²) in [5, 5.41) is 0. The molecule has 0 spiro atoms. The van der Waals surface area contributed by atoms with Crippen molar-refractivity contribution in [2.75, 3.05) is 0 Å². The third kappa shape index (κ3) is 4.47. The number of para-hydroxylation sites is 1. The van der Waals surface area contributed by atoms with Crippen LogP contribution in [0, 0.1) is 0 Å². The number of ether oxygens (including phenoxy) is 1. The molecule has 0 saturated carbocycles. The first-order valence-electron chi connectivity index (χ1n) is 13.9. The van der Waals surface area contributed by atoms with E-state index in [0.29, 0.717) is 41.0 Å². The minimum Gasteiger partial charge on any atom is -0.489 e. The average Bonchev–Trinajstić information content (AvgIpc) is 3.54. The number of ketones is 2. The Labute approximate surface area is 243 Å². The molecule has 6 nitrogen and oxygen atoms in total. The number of carbonyl (C=O) groups is 2. The fourth-order valence-electron chi connectivity index (χ4n) is 5.92. The van der Waals surface area contributed by atoms with Gasteiger partial charge in [-0.3, -0.25) is 14.6 Å². The van der Waals surface area contributed by atoms with Crippen molar-refractivity contribution in [2.45, 2.75) is 24.9 Å². The number of aromatic amines is 1. The van der Waals surface area contributed by atoms with E-state index in [0.717, 1.165) is 28.0 Å². The van der Waals surface area contributed by atoms with Crippen LogP contribution in [-0.4, -0.2) is 26.5 Å². The van der Waals surface area contributed by atoms with Gasteiger partial charge in [-0.1, -0.05) is 72.8 Å². The van der Waals surface area contributed by atoms with Crippen LogP contribution < -0.4 is 4.74 Å². The molecule has 0 fully saturated rings. The maximum Gasteiger partial charge on any atom is 0.182 e. The van der Waals surface area contributed by atoms with Gasteiger partial charge in [-0.15, -0.1) is 0 Å². The predicted octanol–water partition coefficient (Wildman–Crippen LogP) is 6.69. The molecule has 0 aliphatic heterocycles. The molecule has 2 aromatic heterocycles. The molecule has 4 aromatic carbocycles. The molecule has 6 heteroatoms. The number of benzene rings is 4. The van der Waals surface area contributed by atoms with Crippen molar-refractivity contribution in [1.82, 2.24) is 15.0 Å². The molecule has 42 heavy (non-hydrogen) atoms. The summed E-state index contributed by atoms with van der Waals surface area (Å²) < 4.78 is 6.04. The Morgan fingerprint density at radius 1 is 0.690 bits per heavy atom. The quantitative estimate of drug-likeness (QED) is 0.214. The van der Waals surface area contributed by atoms with Crippen molar-refractivity contribution in [3.05, 3.63) is 161 Å². The van der Waals surface area contributed by atoms with Crippen molar-refractivity contribution in [1.29, 1.82) is 0 Å². The predicted molar refractivity (Wildman–Crippen MR) is 161 cm³/mol. The Morgan fingerprint density at radius 3 is 2.17 bits per heavy atom. The fraction of sp³-hybridized carbons (Fsp3) is 0.111. The Balaban J connectivity index is 1.32. The molecule has 2 heterocycles. The van der Waals surface area contributed by atoms with Crippen molar-refractivity contribution in [3.63, 3.8) is 0 Å². The van der Waals surface area contributed by atoms with E-state index in [4.69, 9.17) is 9.72 Å². The fourth-order valence-corrected chi connectivity index (χ4v) is 5.92.